The van der Waals surface area contributed by atoms with Crippen LogP contribution in [0, 0.1) is 11.3 Å². The van der Waals surface area contributed by atoms with E-state index in [0.717, 1.165) is 49.8 Å². The molecular weight excluding hydrogens is 509 g/mol. The standard InChI is InChI=1S/C29H31Cl2N3O3/c1-2-37-27(35)9-4-3-7-15-33-28(36)34(25-17-23(30)16-24(31)18-25)26-8-5-6-14-29(26,33)19-21-10-12-22(20-32)13-11-21/h8,10-13,16-18H,2-7,9,14-15,19H2,1H3. The number of carbonyl (C=O) groups is 2. The van der Waals surface area contributed by atoms with Crippen molar-refractivity contribution in [1.29, 1.82) is 5.26 Å². The molecule has 2 aromatic rings. The Hall–Kier alpha value is -3.01. The topological polar surface area (TPSA) is 73.6 Å². The zero-order chi connectivity index (χ0) is 26.4. The normalized spacial score (nSPS) is 18.9. The zero-order valence-electron chi connectivity index (χ0n) is 21.0. The molecule has 2 amide bonds. The summed E-state index contributed by atoms with van der Waals surface area (Å²) in [5.41, 5.74) is 2.77. The van der Waals surface area contributed by atoms with Gasteiger partial charge in [-0.25, -0.2) is 4.79 Å². The molecule has 2 aliphatic rings. The molecule has 1 saturated heterocycles. The number of anilines is 1. The van der Waals surface area contributed by atoms with Crippen LogP contribution in [-0.4, -0.2) is 35.6 Å². The molecule has 8 heteroatoms. The molecule has 1 aliphatic carbocycles. The van der Waals surface area contributed by atoms with Crippen molar-refractivity contribution >= 4 is 40.9 Å². The van der Waals surface area contributed by atoms with Crippen molar-refractivity contribution in [2.75, 3.05) is 18.1 Å². The molecular formula is C29H31Cl2N3O3. The Balaban J connectivity index is 1.64. The number of ether oxygens (including phenoxy) is 1. The lowest BCUT2D eigenvalue weighted by molar-refractivity contribution is -0.143. The van der Waals surface area contributed by atoms with E-state index in [1.165, 1.54) is 0 Å². The van der Waals surface area contributed by atoms with Gasteiger partial charge in [-0.2, -0.15) is 5.26 Å². The fraction of sp³-hybridized carbons (Fsp3) is 0.414. The van der Waals surface area contributed by atoms with E-state index < -0.39 is 5.54 Å². The highest BCUT2D eigenvalue weighted by molar-refractivity contribution is 6.35. The second-order valence-corrected chi connectivity index (χ2v) is 10.4. The number of rotatable bonds is 10. The monoisotopic (exact) mass is 539 g/mol. The largest absolute Gasteiger partial charge is 0.466 e. The van der Waals surface area contributed by atoms with E-state index in [1.54, 1.807) is 30.0 Å². The summed E-state index contributed by atoms with van der Waals surface area (Å²) < 4.78 is 5.03. The van der Waals surface area contributed by atoms with Gasteiger partial charge in [0.15, 0.2) is 0 Å². The lowest BCUT2D eigenvalue weighted by Crippen LogP contribution is -2.49. The minimum Gasteiger partial charge on any atom is -0.466 e. The maximum absolute atomic E-state index is 14.1. The molecule has 194 valence electrons. The minimum atomic E-state index is -0.514. The maximum Gasteiger partial charge on any atom is 0.329 e. The third-order valence-corrected chi connectivity index (χ3v) is 7.48. The van der Waals surface area contributed by atoms with E-state index in [1.807, 2.05) is 29.2 Å². The Morgan fingerprint density at radius 2 is 1.84 bits per heavy atom. The van der Waals surface area contributed by atoms with Crippen molar-refractivity contribution in [3.63, 3.8) is 0 Å². The van der Waals surface area contributed by atoms with Crippen LogP contribution in [0.1, 0.15) is 63.0 Å². The van der Waals surface area contributed by atoms with E-state index >= 15 is 0 Å². The van der Waals surface area contributed by atoms with Crippen molar-refractivity contribution in [2.45, 2.75) is 63.8 Å². The van der Waals surface area contributed by atoms with Crippen molar-refractivity contribution in [1.82, 2.24) is 4.90 Å². The number of esters is 1. The first kappa shape index (κ1) is 27.0. The molecule has 1 aliphatic heterocycles. The van der Waals surface area contributed by atoms with Crippen LogP contribution in [0.4, 0.5) is 10.5 Å². The Bertz CT molecular complexity index is 1200. The summed E-state index contributed by atoms with van der Waals surface area (Å²) in [7, 11) is 0. The van der Waals surface area contributed by atoms with E-state index in [4.69, 9.17) is 27.9 Å². The molecule has 4 rings (SSSR count). The fourth-order valence-electron chi connectivity index (χ4n) is 5.42. The average molecular weight is 540 g/mol. The molecule has 0 aromatic heterocycles. The van der Waals surface area contributed by atoms with Crippen LogP contribution < -0.4 is 4.90 Å². The highest BCUT2D eigenvalue weighted by atomic mass is 35.5. The summed E-state index contributed by atoms with van der Waals surface area (Å²) in [5, 5.41) is 10.2. The molecule has 6 nitrogen and oxygen atoms in total. The number of urea groups is 1. The van der Waals surface area contributed by atoms with Gasteiger partial charge in [-0.05, 0) is 74.9 Å². The average Bonchev–Trinajstić information content (AvgIpc) is 3.11. The van der Waals surface area contributed by atoms with Crippen molar-refractivity contribution in [2.24, 2.45) is 0 Å². The first-order valence-corrected chi connectivity index (χ1v) is 13.6. The Kier molecular flexibility index (Phi) is 8.79. The van der Waals surface area contributed by atoms with Gasteiger partial charge in [0.25, 0.3) is 0 Å². The predicted octanol–water partition coefficient (Wildman–Crippen LogP) is 7.28. The SMILES string of the molecule is CCOC(=O)CCCCCN1C(=O)N(c2cc(Cl)cc(Cl)c2)C2=CCCCC21Cc1ccc(C#N)cc1. The third kappa shape index (κ3) is 5.95. The first-order valence-electron chi connectivity index (χ1n) is 12.8. The molecule has 0 N–H and O–H groups in total. The lowest BCUT2D eigenvalue weighted by Gasteiger charge is -2.40. The summed E-state index contributed by atoms with van der Waals surface area (Å²) in [6, 6.07) is 14.9. The van der Waals surface area contributed by atoms with Crippen molar-refractivity contribution < 1.29 is 14.3 Å². The number of nitriles is 1. The number of amides is 2. The van der Waals surface area contributed by atoms with Gasteiger partial charge >= 0.3 is 12.0 Å². The van der Waals surface area contributed by atoms with Gasteiger partial charge in [0.05, 0.1) is 29.5 Å². The molecule has 0 radical (unpaired) electrons. The van der Waals surface area contributed by atoms with E-state index in [9.17, 15) is 14.9 Å². The molecule has 1 unspecified atom stereocenters. The Labute approximate surface area is 228 Å². The van der Waals surface area contributed by atoms with Gasteiger partial charge in [0, 0.05) is 35.1 Å². The number of hydrogen-bond donors (Lipinski definition) is 0. The highest BCUT2D eigenvalue weighted by Crippen LogP contribution is 2.48. The van der Waals surface area contributed by atoms with E-state index in [2.05, 4.69) is 12.1 Å². The van der Waals surface area contributed by atoms with Gasteiger partial charge in [0.2, 0.25) is 0 Å². The number of unbranched alkanes of at least 4 members (excludes halogenated alkanes) is 2. The van der Waals surface area contributed by atoms with Crippen LogP contribution >= 0.6 is 23.2 Å². The minimum absolute atomic E-state index is 0.0921. The number of halogens is 2. The number of fused-ring (bicyclic) bond motifs is 1. The summed E-state index contributed by atoms with van der Waals surface area (Å²) in [4.78, 5) is 29.5. The van der Waals surface area contributed by atoms with Crippen molar-refractivity contribution in [3.8, 4) is 6.07 Å². The summed E-state index contributed by atoms with van der Waals surface area (Å²) in [5.74, 6) is -0.182. The molecule has 1 fully saturated rings. The van der Waals surface area contributed by atoms with Crippen LogP contribution in [0.15, 0.2) is 54.2 Å². The maximum atomic E-state index is 14.1. The molecule has 1 atom stereocenters. The van der Waals surface area contributed by atoms with Gasteiger partial charge in [-0.3, -0.25) is 9.69 Å². The molecule has 2 aromatic carbocycles. The van der Waals surface area contributed by atoms with Gasteiger partial charge in [-0.15, -0.1) is 0 Å². The second-order valence-electron chi connectivity index (χ2n) is 9.51. The second kappa shape index (κ2) is 12.0. The zero-order valence-corrected chi connectivity index (χ0v) is 22.5. The fourth-order valence-corrected chi connectivity index (χ4v) is 5.93. The van der Waals surface area contributed by atoms with Crippen LogP contribution in [0.5, 0.6) is 0 Å². The number of allylic oxidation sites excluding steroid dienone is 1. The quantitative estimate of drug-likeness (QED) is 0.235. The molecule has 1 heterocycles. The van der Waals surface area contributed by atoms with Gasteiger partial charge in [-0.1, -0.05) is 47.8 Å². The summed E-state index contributed by atoms with van der Waals surface area (Å²) >= 11 is 12.7. The number of benzene rings is 2. The number of carbonyl (C=O) groups excluding carboxylic acids is 2. The molecule has 0 saturated carbocycles. The molecule has 0 spiro atoms. The molecule has 0 bridgehead atoms. The van der Waals surface area contributed by atoms with E-state index in [-0.39, 0.29) is 12.0 Å². The van der Waals surface area contributed by atoms with Gasteiger partial charge in [0.1, 0.15) is 0 Å². The highest BCUT2D eigenvalue weighted by Gasteiger charge is 2.54. The number of nitrogens with zero attached hydrogens (tertiary/aromatic N) is 3. The van der Waals surface area contributed by atoms with Crippen LogP contribution in [-0.2, 0) is 16.0 Å². The Morgan fingerprint density at radius 1 is 1.11 bits per heavy atom. The smallest absolute Gasteiger partial charge is 0.329 e. The third-order valence-electron chi connectivity index (χ3n) is 7.04. The van der Waals surface area contributed by atoms with Crippen molar-refractivity contribution in [3.05, 3.63) is 75.4 Å². The Morgan fingerprint density at radius 3 is 2.51 bits per heavy atom. The number of hydrogen-bond acceptors (Lipinski definition) is 4. The van der Waals surface area contributed by atoms with Crippen LogP contribution in [0.3, 0.4) is 0 Å². The lowest BCUT2D eigenvalue weighted by atomic mass is 9.78. The van der Waals surface area contributed by atoms with E-state index in [0.29, 0.717) is 47.3 Å². The predicted molar refractivity (Wildman–Crippen MR) is 146 cm³/mol. The first-order chi connectivity index (χ1) is 17.9. The molecule has 37 heavy (non-hydrogen) atoms. The summed E-state index contributed by atoms with van der Waals surface area (Å²) in [6.45, 7) is 2.76. The van der Waals surface area contributed by atoms with Crippen LogP contribution in [0.25, 0.3) is 0 Å². The van der Waals surface area contributed by atoms with Gasteiger partial charge < -0.3 is 9.64 Å². The summed E-state index contributed by atoms with van der Waals surface area (Å²) in [6.07, 6.45) is 8.20. The van der Waals surface area contributed by atoms with Crippen LogP contribution in [0.2, 0.25) is 10.0 Å².